The third-order valence-electron chi connectivity index (χ3n) is 2.74. The van der Waals surface area contributed by atoms with E-state index in [2.05, 4.69) is 10.6 Å². The highest BCUT2D eigenvalue weighted by molar-refractivity contribution is 5.95. The summed E-state index contributed by atoms with van der Waals surface area (Å²) in [6.07, 6.45) is 0.0753. The molecule has 2 atom stereocenters. The number of aliphatic hydroxyl groups excluding tert-OH is 1. The summed E-state index contributed by atoms with van der Waals surface area (Å²) < 4.78 is 0. The fourth-order valence-corrected chi connectivity index (χ4v) is 1.78. The second kappa shape index (κ2) is 4.63. The molecule has 86 valence electrons. The van der Waals surface area contributed by atoms with Crippen LogP contribution in [0.1, 0.15) is 12.0 Å². The van der Waals surface area contributed by atoms with E-state index in [4.69, 9.17) is 0 Å². The Morgan fingerprint density at radius 1 is 1.44 bits per heavy atom. The molecule has 1 aliphatic rings. The summed E-state index contributed by atoms with van der Waals surface area (Å²) in [5.41, 5.74) is 1.95. The molecule has 0 saturated carbocycles. The van der Waals surface area contributed by atoms with Crippen LogP contribution in [0.2, 0.25) is 0 Å². The van der Waals surface area contributed by atoms with Gasteiger partial charge in [0.1, 0.15) is 0 Å². The zero-order chi connectivity index (χ0) is 11.5. The molecule has 1 saturated heterocycles. The minimum Gasteiger partial charge on any atom is -0.392 e. The first-order valence-corrected chi connectivity index (χ1v) is 5.44. The van der Waals surface area contributed by atoms with Gasteiger partial charge in [-0.2, -0.15) is 0 Å². The number of amides is 1. The quantitative estimate of drug-likeness (QED) is 0.686. The normalized spacial score (nSPS) is 24.4. The molecule has 0 aromatic heterocycles. The average molecular weight is 220 g/mol. The van der Waals surface area contributed by atoms with Crippen LogP contribution >= 0.6 is 0 Å². The van der Waals surface area contributed by atoms with E-state index in [0.717, 1.165) is 11.3 Å². The summed E-state index contributed by atoms with van der Waals surface area (Å²) in [6, 6.07) is 7.37. The number of rotatable bonds is 2. The van der Waals surface area contributed by atoms with Crippen molar-refractivity contribution in [1.29, 1.82) is 0 Å². The molecule has 0 unspecified atom stereocenters. The van der Waals surface area contributed by atoms with Gasteiger partial charge >= 0.3 is 0 Å². The molecule has 0 aliphatic carbocycles. The summed E-state index contributed by atoms with van der Waals surface area (Å²) in [7, 11) is 0. The van der Waals surface area contributed by atoms with Gasteiger partial charge in [0.15, 0.2) is 0 Å². The van der Waals surface area contributed by atoms with Crippen LogP contribution in [0.15, 0.2) is 24.3 Å². The molecule has 1 fully saturated rings. The maximum Gasteiger partial charge on any atom is 0.241 e. The molecule has 1 aromatic rings. The number of hydrogen-bond donors (Lipinski definition) is 3. The first-order chi connectivity index (χ1) is 7.65. The van der Waals surface area contributed by atoms with Crippen molar-refractivity contribution in [2.75, 3.05) is 11.9 Å². The fourth-order valence-electron chi connectivity index (χ4n) is 1.78. The van der Waals surface area contributed by atoms with Crippen LogP contribution in [0.3, 0.4) is 0 Å². The van der Waals surface area contributed by atoms with Crippen LogP contribution in [0, 0.1) is 6.92 Å². The van der Waals surface area contributed by atoms with Crippen molar-refractivity contribution >= 4 is 11.6 Å². The van der Waals surface area contributed by atoms with Crippen molar-refractivity contribution in [3.8, 4) is 0 Å². The van der Waals surface area contributed by atoms with Crippen molar-refractivity contribution in [3.05, 3.63) is 29.8 Å². The minimum absolute atomic E-state index is 0.0830. The number of hydrogen-bond acceptors (Lipinski definition) is 3. The lowest BCUT2D eigenvalue weighted by Crippen LogP contribution is -2.35. The van der Waals surface area contributed by atoms with Gasteiger partial charge in [-0.05, 0) is 25.5 Å². The van der Waals surface area contributed by atoms with Gasteiger partial charge in [0.2, 0.25) is 5.91 Å². The van der Waals surface area contributed by atoms with Crippen LogP contribution in [0.5, 0.6) is 0 Å². The van der Waals surface area contributed by atoms with E-state index in [1.165, 1.54) is 0 Å². The second-order valence-electron chi connectivity index (χ2n) is 4.21. The average Bonchev–Trinajstić information content (AvgIpc) is 2.68. The molecular weight excluding hydrogens is 204 g/mol. The summed E-state index contributed by atoms with van der Waals surface area (Å²) in [5.74, 6) is -0.0830. The monoisotopic (exact) mass is 220 g/mol. The zero-order valence-electron chi connectivity index (χ0n) is 9.23. The summed E-state index contributed by atoms with van der Waals surface area (Å²) in [6.45, 7) is 2.49. The van der Waals surface area contributed by atoms with E-state index >= 15 is 0 Å². The van der Waals surface area contributed by atoms with E-state index in [-0.39, 0.29) is 11.9 Å². The molecule has 1 heterocycles. The fraction of sp³-hybridized carbons (Fsp3) is 0.417. The van der Waals surface area contributed by atoms with E-state index < -0.39 is 6.10 Å². The maximum absolute atomic E-state index is 11.8. The van der Waals surface area contributed by atoms with Gasteiger partial charge in [-0.25, -0.2) is 0 Å². The van der Waals surface area contributed by atoms with Gasteiger partial charge in [-0.15, -0.1) is 0 Å². The Morgan fingerprint density at radius 2 is 2.12 bits per heavy atom. The maximum atomic E-state index is 11.8. The van der Waals surface area contributed by atoms with Crippen molar-refractivity contribution in [3.63, 3.8) is 0 Å². The smallest absolute Gasteiger partial charge is 0.241 e. The lowest BCUT2D eigenvalue weighted by molar-refractivity contribution is -0.117. The first-order valence-electron chi connectivity index (χ1n) is 5.44. The molecule has 1 aliphatic heterocycles. The van der Waals surface area contributed by atoms with Crippen LogP contribution < -0.4 is 10.6 Å². The first kappa shape index (κ1) is 11.1. The molecule has 4 heteroatoms. The number of β-amino-alcohol motifs (C(OH)–C–C–N with tert-alkyl or cyclic N) is 1. The molecule has 0 radical (unpaired) electrons. The second-order valence-corrected chi connectivity index (χ2v) is 4.21. The highest BCUT2D eigenvalue weighted by atomic mass is 16.3. The van der Waals surface area contributed by atoms with E-state index in [0.29, 0.717) is 13.0 Å². The Morgan fingerprint density at radius 3 is 2.69 bits per heavy atom. The van der Waals surface area contributed by atoms with Gasteiger partial charge in [0.05, 0.1) is 12.1 Å². The third kappa shape index (κ3) is 2.59. The van der Waals surface area contributed by atoms with Crippen molar-refractivity contribution in [2.45, 2.75) is 25.5 Å². The third-order valence-corrected chi connectivity index (χ3v) is 2.74. The Labute approximate surface area is 94.7 Å². The Balaban J connectivity index is 1.94. The number of nitrogens with one attached hydrogen (secondary N) is 2. The predicted octanol–water partition coefficient (Wildman–Crippen LogP) is 0.656. The predicted molar refractivity (Wildman–Crippen MR) is 62.2 cm³/mol. The molecule has 16 heavy (non-hydrogen) atoms. The number of anilines is 1. The number of aryl methyl sites for hydroxylation is 1. The van der Waals surface area contributed by atoms with Crippen LogP contribution in [0.25, 0.3) is 0 Å². The lowest BCUT2D eigenvalue weighted by atomic mass is 10.2. The SMILES string of the molecule is Cc1ccc(NC(=O)[C@@H]2C[C@@H](O)CN2)cc1. The highest BCUT2D eigenvalue weighted by Gasteiger charge is 2.27. The van der Waals surface area contributed by atoms with Gasteiger partial charge in [0, 0.05) is 12.2 Å². The van der Waals surface area contributed by atoms with E-state index in [1.807, 2.05) is 31.2 Å². The molecule has 3 N–H and O–H groups in total. The Bertz CT molecular complexity index is 375. The lowest BCUT2D eigenvalue weighted by Gasteiger charge is -2.10. The standard InChI is InChI=1S/C12H16N2O2/c1-8-2-4-9(5-3-8)14-12(16)11-6-10(15)7-13-11/h2-5,10-11,13,15H,6-7H2,1H3,(H,14,16)/t10-,11+/m1/s1. The molecule has 0 spiro atoms. The van der Waals surface area contributed by atoms with Crippen molar-refractivity contribution in [1.82, 2.24) is 5.32 Å². The molecule has 1 amide bonds. The molecular formula is C12H16N2O2. The minimum atomic E-state index is -0.409. The zero-order valence-corrected chi connectivity index (χ0v) is 9.23. The summed E-state index contributed by atoms with van der Waals surface area (Å²) in [5, 5.41) is 15.1. The van der Waals surface area contributed by atoms with Gasteiger partial charge in [0.25, 0.3) is 0 Å². The molecule has 4 nitrogen and oxygen atoms in total. The van der Waals surface area contributed by atoms with Gasteiger partial charge in [-0.1, -0.05) is 17.7 Å². The number of benzene rings is 1. The largest absolute Gasteiger partial charge is 0.392 e. The molecule has 2 rings (SSSR count). The molecule has 1 aromatic carbocycles. The van der Waals surface area contributed by atoms with Crippen LogP contribution in [-0.4, -0.2) is 29.7 Å². The van der Waals surface area contributed by atoms with E-state index in [9.17, 15) is 9.90 Å². The Kier molecular flexibility index (Phi) is 3.22. The molecule has 0 bridgehead atoms. The van der Waals surface area contributed by atoms with Gasteiger partial charge in [-0.3, -0.25) is 4.79 Å². The highest BCUT2D eigenvalue weighted by Crippen LogP contribution is 2.12. The summed E-state index contributed by atoms with van der Waals surface area (Å²) in [4.78, 5) is 11.8. The number of aliphatic hydroxyl groups is 1. The van der Waals surface area contributed by atoms with Crippen molar-refractivity contribution in [2.24, 2.45) is 0 Å². The number of carbonyl (C=O) groups is 1. The van der Waals surface area contributed by atoms with E-state index in [1.54, 1.807) is 0 Å². The number of carbonyl (C=O) groups excluding carboxylic acids is 1. The Hall–Kier alpha value is -1.39. The van der Waals surface area contributed by atoms with Crippen LogP contribution in [0.4, 0.5) is 5.69 Å². The van der Waals surface area contributed by atoms with Crippen molar-refractivity contribution < 1.29 is 9.90 Å². The topological polar surface area (TPSA) is 61.4 Å². The summed E-state index contributed by atoms with van der Waals surface area (Å²) >= 11 is 0. The van der Waals surface area contributed by atoms with Gasteiger partial charge < -0.3 is 15.7 Å². The van der Waals surface area contributed by atoms with Crippen LogP contribution in [-0.2, 0) is 4.79 Å².